The molecule has 198 valence electrons. The molecule has 39 heavy (non-hydrogen) atoms. The zero-order valence-corrected chi connectivity index (χ0v) is 21.8. The molecular weight excluding hydrogens is 494 g/mol. The molecule has 1 unspecified atom stereocenters. The number of hydrogen-bond acceptors (Lipinski definition) is 6. The number of alkyl carbamates (subject to hydrolysis) is 1. The first-order chi connectivity index (χ1) is 19.1. The van der Waals surface area contributed by atoms with E-state index in [0.717, 1.165) is 22.3 Å². The van der Waals surface area contributed by atoms with E-state index < -0.39 is 12.1 Å². The minimum absolute atomic E-state index is 0.0346. The smallest absolute Gasteiger partial charge is 0.407 e. The molecule has 0 fully saturated rings. The maximum Gasteiger partial charge on any atom is 0.407 e. The van der Waals surface area contributed by atoms with E-state index in [1.807, 2.05) is 48.5 Å². The van der Waals surface area contributed by atoms with E-state index in [1.54, 1.807) is 32.4 Å². The van der Waals surface area contributed by atoms with Crippen molar-refractivity contribution in [1.82, 2.24) is 5.32 Å². The molecule has 4 aromatic carbocycles. The molecule has 1 amide bonds. The maximum atomic E-state index is 13.2. The summed E-state index contributed by atoms with van der Waals surface area (Å²) in [5, 5.41) is 3.02. The fraction of sp³-hybridized carbons (Fsp3) is 0.188. The van der Waals surface area contributed by atoms with Crippen LogP contribution in [0.4, 0.5) is 4.79 Å². The minimum Gasteiger partial charge on any atom is -0.497 e. The van der Waals surface area contributed by atoms with Crippen LogP contribution in [0, 0.1) is 0 Å². The molecule has 0 saturated carbocycles. The fourth-order valence-corrected chi connectivity index (χ4v) is 5.04. The summed E-state index contributed by atoms with van der Waals surface area (Å²) >= 11 is 0. The van der Waals surface area contributed by atoms with Crippen molar-refractivity contribution in [1.29, 1.82) is 0 Å². The average molecular weight is 524 g/mol. The number of carbonyl (C=O) groups is 2. The van der Waals surface area contributed by atoms with Crippen molar-refractivity contribution in [3.8, 4) is 28.4 Å². The van der Waals surface area contributed by atoms with E-state index in [9.17, 15) is 9.59 Å². The Morgan fingerprint density at radius 3 is 2.10 bits per heavy atom. The van der Waals surface area contributed by atoms with Gasteiger partial charge in [0.25, 0.3) is 0 Å². The lowest BCUT2D eigenvalue weighted by atomic mass is 9.97. The summed E-state index contributed by atoms with van der Waals surface area (Å²) in [5.74, 6) is 1.69. The quantitative estimate of drug-likeness (QED) is 0.260. The Kier molecular flexibility index (Phi) is 7.78. The van der Waals surface area contributed by atoms with Gasteiger partial charge in [-0.15, -0.1) is 0 Å². The summed E-state index contributed by atoms with van der Waals surface area (Å²) in [6.07, 6.45) is 0.137. The van der Waals surface area contributed by atoms with Crippen molar-refractivity contribution in [3.63, 3.8) is 0 Å². The van der Waals surface area contributed by atoms with E-state index in [4.69, 9.17) is 18.9 Å². The van der Waals surface area contributed by atoms with Crippen molar-refractivity contribution in [2.45, 2.75) is 12.0 Å². The van der Waals surface area contributed by atoms with E-state index in [0.29, 0.717) is 23.5 Å². The summed E-state index contributed by atoms with van der Waals surface area (Å²) in [6, 6.07) is 28.4. The maximum absolute atomic E-state index is 13.2. The van der Waals surface area contributed by atoms with Crippen LogP contribution in [0.2, 0.25) is 0 Å². The summed E-state index contributed by atoms with van der Waals surface area (Å²) < 4.78 is 22.2. The largest absolute Gasteiger partial charge is 0.497 e. The summed E-state index contributed by atoms with van der Waals surface area (Å²) in [4.78, 5) is 23.9. The second-order valence-corrected chi connectivity index (χ2v) is 9.06. The second kappa shape index (κ2) is 11.7. The third-order valence-corrected chi connectivity index (χ3v) is 6.89. The van der Waals surface area contributed by atoms with Crippen molar-refractivity contribution in [3.05, 3.63) is 113 Å². The molecule has 1 aliphatic carbocycles. The number of nitrogens with one attached hydrogen (secondary N) is 1. The standard InChI is InChI=1S/C32H29NO6/c1-36-23-15-16-28(30(19-23)37-2)31(21-11-13-22(14-12-21)38-18-17-34)33-32(35)39-20-29-26-9-5-3-7-24(26)25-8-4-6-10-27(25)29/h3-17,19,29,31H,18,20H2,1-2H3,(H,33,35). The molecular formula is C32H29NO6. The minimum atomic E-state index is -0.582. The first-order valence-corrected chi connectivity index (χ1v) is 12.6. The predicted molar refractivity (Wildman–Crippen MR) is 148 cm³/mol. The van der Waals surface area contributed by atoms with Crippen LogP contribution < -0.4 is 19.5 Å². The zero-order valence-electron chi connectivity index (χ0n) is 21.8. The normalized spacial score (nSPS) is 12.6. The van der Waals surface area contributed by atoms with Gasteiger partial charge in [0.1, 0.15) is 30.5 Å². The highest BCUT2D eigenvalue weighted by atomic mass is 16.5. The fourth-order valence-electron chi connectivity index (χ4n) is 5.04. The Morgan fingerprint density at radius 2 is 1.49 bits per heavy atom. The molecule has 0 saturated heterocycles. The van der Waals surface area contributed by atoms with Crippen LogP contribution in [-0.4, -0.2) is 39.8 Å². The third kappa shape index (κ3) is 5.43. The Hall–Kier alpha value is -4.78. The zero-order chi connectivity index (χ0) is 27.2. The first kappa shape index (κ1) is 25.9. The number of hydrogen-bond donors (Lipinski definition) is 1. The SMILES string of the molecule is COc1ccc(C(NC(=O)OCC2c3ccccc3-c3ccccc32)c2ccc(OCC=O)cc2)c(OC)c1. The van der Waals surface area contributed by atoms with Gasteiger partial charge in [0.05, 0.1) is 20.3 Å². The number of fused-ring (bicyclic) bond motifs is 3. The van der Waals surface area contributed by atoms with Crippen LogP contribution in [0.15, 0.2) is 91.0 Å². The Balaban J connectivity index is 1.39. The molecule has 1 N–H and O–H groups in total. The van der Waals surface area contributed by atoms with Crippen LogP contribution in [0.1, 0.15) is 34.2 Å². The molecule has 0 aromatic heterocycles. The first-order valence-electron chi connectivity index (χ1n) is 12.6. The van der Waals surface area contributed by atoms with Gasteiger partial charge in [0.2, 0.25) is 0 Å². The highest BCUT2D eigenvalue weighted by Gasteiger charge is 2.30. The van der Waals surface area contributed by atoms with Crippen molar-refractivity contribution >= 4 is 12.4 Å². The van der Waals surface area contributed by atoms with E-state index in [2.05, 4.69) is 29.6 Å². The van der Waals surface area contributed by atoms with Gasteiger partial charge in [-0.3, -0.25) is 4.79 Å². The molecule has 0 radical (unpaired) electrons. The molecule has 7 heteroatoms. The Morgan fingerprint density at radius 1 is 0.846 bits per heavy atom. The number of methoxy groups -OCH3 is 2. The van der Waals surface area contributed by atoms with Gasteiger partial charge in [-0.2, -0.15) is 0 Å². The molecule has 1 atom stereocenters. The predicted octanol–water partition coefficient (Wildman–Crippen LogP) is 5.91. The van der Waals surface area contributed by atoms with Crippen LogP contribution in [0.25, 0.3) is 11.1 Å². The topological polar surface area (TPSA) is 83.1 Å². The molecule has 0 bridgehead atoms. The van der Waals surface area contributed by atoms with Gasteiger partial charge in [0.15, 0.2) is 6.29 Å². The van der Waals surface area contributed by atoms with Crippen LogP contribution in [0.3, 0.4) is 0 Å². The summed E-state index contributed by atoms with van der Waals surface area (Å²) in [5.41, 5.74) is 6.13. The van der Waals surface area contributed by atoms with Crippen molar-refractivity contribution in [2.75, 3.05) is 27.4 Å². The van der Waals surface area contributed by atoms with Gasteiger partial charge in [-0.05, 0) is 52.1 Å². The molecule has 1 aliphatic rings. The molecule has 0 spiro atoms. The average Bonchev–Trinajstić information content (AvgIpc) is 3.31. The van der Waals surface area contributed by atoms with Crippen LogP contribution in [-0.2, 0) is 9.53 Å². The van der Waals surface area contributed by atoms with Gasteiger partial charge in [0, 0.05) is 17.5 Å². The Bertz CT molecular complexity index is 1420. The lowest BCUT2D eigenvalue weighted by Gasteiger charge is -2.23. The molecule has 5 rings (SSSR count). The third-order valence-electron chi connectivity index (χ3n) is 6.89. The highest BCUT2D eigenvalue weighted by Crippen LogP contribution is 2.44. The van der Waals surface area contributed by atoms with Crippen LogP contribution >= 0.6 is 0 Å². The van der Waals surface area contributed by atoms with Gasteiger partial charge >= 0.3 is 6.09 Å². The van der Waals surface area contributed by atoms with Gasteiger partial charge in [-0.25, -0.2) is 4.79 Å². The molecule has 7 nitrogen and oxygen atoms in total. The van der Waals surface area contributed by atoms with Crippen molar-refractivity contribution in [2.24, 2.45) is 0 Å². The highest BCUT2D eigenvalue weighted by molar-refractivity contribution is 5.79. The number of ether oxygens (including phenoxy) is 4. The lowest BCUT2D eigenvalue weighted by molar-refractivity contribution is -0.109. The van der Waals surface area contributed by atoms with Crippen LogP contribution in [0.5, 0.6) is 17.2 Å². The number of benzene rings is 4. The van der Waals surface area contributed by atoms with Gasteiger partial charge in [-0.1, -0.05) is 60.7 Å². The number of amides is 1. The number of carbonyl (C=O) groups excluding carboxylic acids is 2. The van der Waals surface area contributed by atoms with E-state index in [-0.39, 0.29) is 19.1 Å². The summed E-state index contributed by atoms with van der Waals surface area (Å²) in [7, 11) is 3.15. The van der Waals surface area contributed by atoms with E-state index in [1.165, 1.54) is 11.1 Å². The monoisotopic (exact) mass is 523 g/mol. The number of rotatable bonds is 10. The van der Waals surface area contributed by atoms with Crippen molar-refractivity contribution < 1.29 is 28.5 Å². The van der Waals surface area contributed by atoms with E-state index >= 15 is 0 Å². The molecule has 0 heterocycles. The molecule has 4 aromatic rings. The lowest BCUT2D eigenvalue weighted by Crippen LogP contribution is -2.31. The molecule has 0 aliphatic heterocycles. The second-order valence-electron chi connectivity index (χ2n) is 9.06. The summed E-state index contributed by atoms with van der Waals surface area (Å²) in [6.45, 7) is 0.165. The number of aldehydes is 1. The van der Waals surface area contributed by atoms with Gasteiger partial charge < -0.3 is 24.3 Å². The Labute approximate surface area is 227 Å².